The van der Waals surface area contributed by atoms with Crippen LogP contribution in [0.1, 0.15) is 23.2 Å². The Hall–Kier alpha value is -3.86. The first-order valence-corrected chi connectivity index (χ1v) is 14.6. The Kier molecular flexibility index (Phi) is 8.39. The van der Waals surface area contributed by atoms with Gasteiger partial charge in [-0.1, -0.05) is 35.3 Å². The summed E-state index contributed by atoms with van der Waals surface area (Å²) in [4.78, 5) is 23.2. The normalized spacial score (nSPS) is 14.0. The number of sulfonamides is 1. The summed E-state index contributed by atoms with van der Waals surface area (Å²) < 4.78 is 40.5. The molecule has 0 saturated carbocycles. The van der Waals surface area contributed by atoms with Crippen LogP contribution in [-0.2, 0) is 10.0 Å². The number of piperidine rings is 1. The largest absolute Gasteiger partial charge is 0.460 e. The number of anilines is 1. The summed E-state index contributed by atoms with van der Waals surface area (Å²) in [6.45, 7) is 0.837. The maximum Gasteiger partial charge on any atom is 0.316 e. The average molecular weight is 599 g/mol. The predicted molar refractivity (Wildman–Crippen MR) is 152 cm³/mol. The molecule has 5 rings (SSSR count). The van der Waals surface area contributed by atoms with Crippen LogP contribution < -0.4 is 14.2 Å². The number of benzene rings is 3. The number of para-hydroxylation sites is 1. The van der Waals surface area contributed by atoms with E-state index in [9.17, 15) is 13.2 Å². The number of amides is 1. The summed E-state index contributed by atoms with van der Waals surface area (Å²) in [6.07, 6.45) is 4.23. The molecule has 1 fully saturated rings. The lowest BCUT2D eigenvalue weighted by Crippen LogP contribution is -2.42. The molecule has 1 N–H and O–H groups in total. The molecule has 0 bridgehead atoms. The standard InChI is InChI=1S/C28H24Cl2N4O5S/c29-19-6-11-25(23(18-19)27(35)34-16-12-21(13-17-34)39-28-31-14-3-15-32-28)33-40(36,37)22-9-7-20(8-10-22)38-26-5-2-1-4-24(26)30/h1-11,14-15,18,21,33H,12-13,16-17H2. The highest BCUT2D eigenvalue weighted by molar-refractivity contribution is 7.92. The van der Waals surface area contributed by atoms with E-state index in [0.717, 1.165) is 0 Å². The summed E-state index contributed by atoms with van der Waals surface area (Å²) in [6, 6.07) is 19.3. The monoisotopic (exact) mass is 598 g/mol. The molecule has 1 aliphatic heterocycles. The highest BCUT2D eigenvalue weighted by atomic mass is 35.5. The molecule has 1 saturated heterocycles. The highest BCUT2D eigenvalue weighted by Gasteiger charge is 2.28. The van der Waals surface area contributed by atoms with E-state index >= 15 is 0 Å². The number of nitrogens with one attached hydrogen (secondary N) is 1. The number of carbonyl (C=O) groups excluding carboxylic acids is 1. The van der Waals surface area contributed by atoms with Gasteiger partial charge in [0.2, 0.25) is 0 Å². The number of nitrogens with zero attached hydrogens (tertiary/aromatic N) is 3. The Bertz CT molecular complexity index is 1600. The Balaban J connectivity index is 1.27. The fraction of sp³-hybridized carbons (Fsp3) is 0.179. The highest BCUT2D eigenvalue weighted by Crippen LogP contribution is 2.31. The van der Waals surface area contributed by atoms with Crippen molar-refractivity contribution in [2.75, 3.05) is 17.8 Å². The zero-order valence-corrected chi connectivity index (χ0v) is 23.4. The number of ether oxygens (including phenoxy) is 2. The van der Waals surface area contributed by atoms with E-state index in [1.165, 1.54) is 42.5 Å². The summed E-state index contributed by atoms with van der Waals surface area (Å²) in [5.74, 6) is 0.532. The van der Waals surface area contributed by atoms with E-state index in [-0.39, 0.29) is 28.2 Å². The summed E-state index contributed by atoms with van der Waals surface area (Å²) >= 11 is 12.3. The van der Waals surface area contributed by atoms with Gasteiger partial charge in [-0.2, -0.15) is 0 Å². The van der Waals surface area contributed by atoms with Gasteiger partial charge in [-0.05, 0) is 60.7 Å². The minimum atomic E-state index is -4.03. The smallest absolute Gasteiger partial charge is 0.316 e. The van der Waals surface area contributed by atoms with E-state index in [1.807, 2.05) is 0 Å². The van der Waals surface area contributed by atoms with Crippen molar-refractivity contribution in [2.24, 2.45) is 0 Å². The zero-order chi connectivity index (χ0) is 28.1. The molecule has 206 valence electrons. The molecule has 1 aromatic heterocycles. The minimum absolute atomic E-state index is 0.00606. The topological polar surface area (TPSA) is 111 Å². The molecule has 40 heavy (non-hydrogen) atoms. The number of carbonyl (C=O) groups is 1. The fourth-order valence-corrected chi connectivity index (χ4v) is 5.60. The Labute approximate surface area is 241 Å². The zero-order valence-electron chi connectivity index (χ0n) is 21.0. The van der Waals surface area contributed by atoms with E-state index in [2.05, 4.69) is 14.7 Å². The lowest BCUT2D eigenvalue weighted by atomic mass is 10.1. The second-order valence-electron chi connectivity index (χ2n) is 8.94. The van der Waals surface area contributed by atoms with Crippen LogP contribution in [0.4, 0.5) is 5.69 Å². The third kappa shape index (κ3) is 6.64. The Morgan fingerprint density at radius 1 is 0.925 bits per heavy atom. The molecule has 4 aromatic rings. The van der Waals surface area contributed by atoms with Gasteiger partial charge in [-0.15, -0.1) is 0 Å². The number of halogens is 2. The molecular weight excluding hydrogens is 575 g/mol. The van der Waals surface area contributed by atoms with Gasteiger partial charge in [0.1, 0.15) is 17.6 Å². The molecule has 1 amide bonds. The maximum atomic E-state index is 13.4. The molecule has 0 unspecified atom stereocenters. The van der Waals surface area contributed by atoms with E-state index in [1.54, 1.807) is 47.6 Å². The van der Waals surface area contributed by atoms with Gasteiger partial charge in [-0.25, -0.2) is 18.4 Å². The summed E-state index contributed by atoms with van der Waals surface area (Å²) in [5.41, 5.74) is 0.280. The third-order valence-corrected chi connectivity index (χ3v) is 8.13. The maximum absolute atomic E-state index is 13.4. The third-order valence-electron chi connectivity index (χ3n) is 6.20. The first kappa shape index (κ1) is 27.7. The van der Waals surface area contributed by atoms with Crippen LogP contribution in [0.15, 0.2) is 90.1 Å². The average Bonchev–Trinajstić information content (AvgIpc) is 2.96. The Morgan fingerprint density at radius 2 is 1.62 bits per heavy atom. The molecule has 12 heteroatoms. The van der Waals surface area contributed by atoms with Gasteiger partial charge >= 0.3 is 6.01 Å². The van der Waals surface area contributed by atoms with Gasteiger partial charge in [0.05, 0.1) is 21.2 Å². The second-order valence-corrected chi connectivity index (χ2v) is 11.5. The molecule has 0 spiro atoms. The van der Waals surface area contributed by atoms with Gasteiger partial charge in [-0.3, -0.25) is 9.52 Å². The van der Waals surface area contributed by atoms with Gasteiger partial charge in [0, 0.05) is 43.3 Å². The molecular formula is C28H24Cl2N4O5S. The van der Waals surface area contributed by atoms with Crippen molar-refractivity contribution in [3.63, 3.8) is 0 Å². The molecule has 3 aromatic carbocycles. The van der Waals surface area contributed by atoms with Crippen molar-refractivity contribution >= 4 is 44.8 Å². The van der Waals surface area contributed by atoms with Crippen molar-refractivity contribution in [1.29, 1.82) is 0 Å². The van der Waals surface area contributed by atoms with Crippen LogP contribution >= 0.6 is 23.2 Å². The minimum Gasteiger partial charge on any atom is -0.460 e. The Morgan fingerprint density at radius 3 is 2.33 bits per heavy atom. The molecule has 0 radical (unpaired) electrons. The van der Waals surface area contributed by atoms with Crippen molar-refractivity contribution in [2.45, 2.75) is 23.8 Å². The van der Waals surface area contributed by atoms with E-state index < -0.39 is 10.0 Å². The molecule has 2 heterocycles. The van der Waals surface area contributed by atoms with Crippen molar-refractivity contribution < 1.29 is 22.7 Å². The van der Waals surface area contributed by atoms with Crippen molar-refractivity contribution in [1.82, 2.24) is 14.9 Å². The van der Waals surface area contributed by atoms with Gasteiger partial charge < -0.3 is 14.4 Å². The van der Waals surface area contributed by atoms with Crippen LogP contribution in [0.25, 0.3) is 0 Å². The van der Waals surface area contributed by atoms with Crippen LogP contribution in [0.3, 0.4) is 0 Å². The number of hydrogen-bond acceptors (Lipinski definition) is 7. The van der Waals surface area contributed by atoms with Crippen LogP contribution in [0, 0.1) is 0 Å². The summed E-state index contributed by atoms with van der Waals surface area (Å²) in [5, 5.41) is 0.745. The van der Waals surface area contributed by atoms with E-state index in [0.29, 0.717) is 53.5 Å². The van der Waals surface area contributed by atoms with Gasteiger partial charge in [0.25, 0.3) is 15.9 Å². The number of hydrogen-bond donors (Lipinski definition) is 1. The van der Waals surface area contributed by atoms with Gasteiger partial charge in [0.15, 0.2) is 0 Å². The first-order chi connectivity index (χ1) is 19.3. The predicted octanol–water partition coefficient (Wildman–Crippen LogP) is 6.06. The quantitative estimate of drug-likeness (QED) is 0.262. The summed E-state index contributed by atoms with van der Waals surface area (Å²) in [7, 11) is -4.03. The van der Waals surface area contributed by atoms with Crippen LogP contribution in [0.5, 0.6) is 17.5 Å². The number of rotatable bonds is 8. The van der Waals surface area contributed by atoms with Crippen molar-refractivity contribution in [3.8, 4) is 17.5 Å². The fourth-order valence-electron chi connectivity index (χ4n) is 4.17. The number of likely N-dealkylation sites (tertiary alicyclic amines) is 1. The number of aromatic nitrogens is 2. The first-order valence-electron chi connectivity index (χ1n) is 12.4. The molecule has 0 aliphatic carbocycles. The second kappa shape index (κ2) is 12.1. The van der Waals surface area contributed by atoms with E-state index in [4.69, 9.17) is 32.7 Å². The lowest BCUT2D eigenvalue weighted by molar-refractivity contribution is 0.0579. The molecule has 9 nitrogen and oxygen atoms in total. The van der Waals surface area contributed by atoms with Crippen LogP contribution in [0.2, 0.25) is 10.0 Å². The molecule has 0 atom stereocenters. The lowest BCUT2D eigenvalue weighted by Gasteiger charge is -2.32. The molecule has 1 aliphatic rings. The van der Waals surface area contributed by atoms with Crippen molar-refractivity contribution in [3.05, 3.63) is 101 Å². The SMILES string of the molecule is O=C(c1cc(Cl)ccc1NS(=O)(=O)c1ccc(Oc2ccccc2Cl)cc1)N1CCC(Oc2ncccn2)CC1. The van der Waals surface area contributed by atoms with Crippen LogP contribution in [-0.4, -0.2) is 48.4 Å².